The molecule has 0 radical (unpaired) electrons. The van der Waals surface area contributed by atoms with Crippen LogP contribution in [0.15, 0.2) is 17.0 Å². The molecule has 17 heavy (non-hydrogen) atoms. The second kappa shape index (κ2) is 4.59. The lowest BCUT2D eigenvalue weighted by molar-refractivity contribution is -0.388. The Kier molecular flexibility index (Phi) is 3.75. The van der Waals surface area contributed by atoms with Crippen molar-refractivity contribution in [3.8, 4) is 0 Å². The monoisotopic (exact) mass is 279 g/mol. The lowest BCUT2D eigenvalue weighted by Gasteiger charge is -2.09. The zero-order valence-electron chi connectivity index (χ0n) is 9.05. The third kappa shape index (κ3) is 2.93. The first-order valence-corrected chi connectivity index (χ1v) is 6.41. The summed E-state index contributed by atoms with van der Waals surface area (Å²) in [5, 5.41) is 10.8. The van der Waals surface area contributed by atoms with Crippen molar-refractivity contribution in [3.63, 3.8) is 0 Å². The maximum Gasteiger partial charge on any atom is 0.301 e. The Morgan fingerprint density at radius 2 is 1.94 bits per heavy atom. The van der Waals surface area contributed by atoms with Crippen LogP contribution < -0.4 is 0 Å². The van der Waals surface area contributed by atoms with Gasteiger partial charge in [-0.2, -0.15) is 8.42 Å². The van der Waals surface area contributed by atoms with Gasteiger partial charge in [0.25, 0.3) is 5.69 Å². The molecule has 6 nitrogen and oxygen atoms in total. The zero-order chi connectivity index (χ0) is 13.4. The fourth-order valence-electron chi connectivity index (χ4n) is 1.35. The second-order valence-electron chi connectivity index (χ2n) is 3.73. The van der Waals surface area contributed by atoms with Crippen LogP contribution in [0.25, 0.3) is 0 Å². The smallest absolute Gasteiger partial charge is 0.282 e. The Morgan fingerprint density at radius 3 is 2.29 bits per heavy atom. The predicted molar refractivity (Wildman–Crippen MR) is 62.0 cm³/mol. The molecule has 0 heterocycles. The van der Waals surface area contributed by atoms with Crippen molar-refractivity contribution in [2.24, 2.45) is 0 Å². The summed E-state index contributed by atoms with van der Waals surface area (Å²) in [7, 11) is -4.67. The van der Waals surface area contributed by atoms with Gasteiger partial charge in [0.2, 0.25) is 0 Å². The van der Waals surface area contributed by atoms with Crippen LogP contribution in [0, 0.1) is 10.1 Å². The van der Waals surface area contributed by atoms with E-state index in [0.717, 1.165) is 12.1 Å². The Bertz CT molecular complexity index is 567. The third-order valence-electron chi connectivity index (χ3n) is 2.17. The van der Waals surface area contributed by atoms with Crippen molar-refractivity contribution in [3.05, 3.63) is 32.8 Å². The van der Waals surface area contributed by atoms with Crippen molar-refractivity contribution < 1.29 is 17.9 Å². The van der Waals surface area contributed by atoms with Gasteiger partial charge in [-0.25, -0.2) is 0 Å². The number of hydrogen-bond donors (Lipinski definition) is 1. The highest BCUT2D eigenvalue weighted by atomic mass is 35.5. The quantitative estimate of drug-likeness (QED) is 0.521. The van der Waals surface area contributed by atoms with E-state index in [9.17, 15) is 18.5 Å². The maximum absolute atomic E-state index is 11.0. The van der Waals surface area contributed by atoms with Gasteiger partial charge in [0.1, 0.15) is 0 Å². The lowest BCUT2D eigenvalue weighted by atomic mass is 10.0. The standard InChI is InChI=1S/C9H10ClNO5S/c1-5(2)6-3-8(11(12)13)9(4-7(6)10)17(14,15)16/h3-5H,1-2H3,(H,14,15,16). The highest BCUT2D eigenvalue weighted by molar-refractivity contribution is 7.86. The topological polar surface area (TPSA) is 97.5 Å². The zero-order valence-corrected chi connectivity index (χ0v) is 10.6. The van der Waals surface area contributed by atoms with Crippen molar-refractivity contribution in [1.82, 2.24) is 0 Å². The van der Waals surface area contributed by atoms with Crippen LogP contribution in [0.2, 0.25) is 5.02 Å². The Balaban J connectivity index is 3.65. The summed E-state index contributed by atoms with van der Waals surface area (Å²) in [5.41, 5.74) is -0.230. The molecule has 0 aliphatic carbocycles. The molecule has 8 heteroatoms. The number of nitro groups is 1. The van der Waals surface area contributed by atoms with Crippen LogP contribution in [0.1, 0.15) is 25.3 Å². The third-order valence-corrected chi connectivity index (χ3v) is 3.39. The van der Waals surface area contributed by atoms with Crippen molar-refractivity contribution in [1.29, 1.82) is 0 Å². The molecule has 0 fully saturated rings. The van der Waals surface area contributed by atoms with E-state index in [4.69, 9.17) is 16.2 Å². The number of nitrogens with zero attached hydrogens (tertiary/aromatic N) is 1. The lowest BCUT2D eigenvalue weighted by Crippen LogP contribution is -2.05. The van der Waals surface area contributed by atoms with Crippen LogP contribution in [0.4, 0.5) is 5.69 Å². The van der Waals surface area contributed by atoms with Gasteiger partial charge in [-0.1, -0.05) is 25.4 Å². The number of hydrogen-bond acceptors (Lipinski definition) is 4. The van der Waals surface area contributed by atoms with Crippen LogP contribution in [-0.2, 0) is 10.1 Å². The molecule has 1 aromatic carbocycles. The minimum absolute atomic E-state index is 0.0678. The summed E-state index contributed by atoms with van der Waals surface area (Å²) in [5.74, 6) is -0.100. The van der Waals surface area contributed by atoms with Gasteiger partial charge in [-0.3, -0.25) is 14.7 Å². The van der Waals surface area contributed by atoms with Gasteiger partial charge in [0.05, 0.1) is 4.92 Å². The first-order chi connectivity index (χ1) is 7.64. The number of benzene rings is 1. The molecule has 1 rings (SSSR count). The van der Waals surface area contributed by atoms with Crippen molar-refractivity contribution in [2.75, 3.05) is 0 Å². The molecule has 0 bridgehead atoms. The fraction of sp³-hybridized carbons (Fsp3) is 0.333. The van der Waals surface area contributed by atoms with E-state index in [0.29, 0.717) is 5.56 Å². The van der Waals surface area contributed by atoms with Crippen molar-refractivity contribution >= 4 is 27.4 Å². The van der Waals surface area contributed by atoms with Crippen molar-refractivity contribution in [2.45, 2.75) is 24.7 Å². The average Bonchev–Trinajstić information content (AvgIpc) is 2.14. The molecule has 0 aromatic heterocycles. The molecule has 0 saturated heterocycles. The summed E-state index contributed by atoms with van der Waals surface area (Å²) in [6.45, 7) is 3.52. The van der Waals surface area contributed by atoms with Crippen LogP contribution in [0.3, 0.4) is 0 Å². The molecule has 0 atom stereocenters. The molecule has 0 amide bonds. The predicted octanol–water partition coefficient (Wildman–Crippen LogP) is 2.62. The highest BCUT2D eigenvalue weighted by Crippen LogP contribution is 2.33. The average molecular weight is 280 g/mol. The molecule has 1 N–H and O–H groups in total. The molecule has 94 valence electrons. The number of halogens is 1. The van der Waals surface area contributed by atoms with Gasteiger partial charge < -0.3 is 0 Å². The molecule has 1 aromatic rings. The van der Waals surface area contributed by atoms with E-state index in [1.54, 1.807) is 13.8 Å². The van der Waals surface area contributed by atoms with Crippen LogP contribution >= 0.6 is 11.6 Å². The van der Waals surface area contributed by atoms with E-state index >= 15 is 0 Å². The summed E-state index contributed by atoms with van der Waals surface area (Å²) in [6, 6.07) is 1.96. The van der Waals surface area contributed by atoms with E-state index in [1.165, 1.54) is 0 Å². The van der Waals surface area contributed by atoms with Gasteiger partial charge in [0, 0.05) is 11.1 Å². The van der Waals surface area contributed by atoms with Crippen LogP contribution in [-0.4, -0.2) is 17.9 Å². The summed E-state index contributed by atoms with van der Waals surface area (Å²) in [6.07, 6.45) is 0. The normalized spacial score (nSPS) is 11.8. The molecule has 0 aliphatic heterocycles. The Morgan fingerprint density at radius 1 is 1.41 bits per heavy atom. The molecule has 0 spiro atoms. The fourth-order valence-corrected chi connectivity index (χ4v) is 2.46. The number of rotatable bonds is 3. The first-order valence-electron chi connectivity index (χ1n) is 4.60. The minimum atomic E-state index is -4.67. The Labute approximate surface area is 103 Å². The SMILES string of the molecule is CC(C)c1cc([N+](=O)[O-])c(S(=O)(=O)O)cc1Cl. The molecule has 0 unspecified atom stereocenters. The van der Waals surface area contributed by atoms with E-state index in [1.807, 2.05) is 0 Å². The first kappa shape index (κ1) is 13.9. The van der Waals surface area contributed by atoms with Crippen LogP contribution in [0.5, 0.6) is 0 Å². The van der Waals surface area contributed by atoms with E-state index in [-0.39, 0.29) is 10.9 Å². The Hall–Kier alpha value is -1.18. The number of nitro benzene ring substituents is 1. The molecule has 0 aliphatic rings. The molecule has 0 saturated carbocycles. The van der Waals surface area contributed by atoms with Gasteiger partial charge in [0.15, 0.2) is 4.90 Å². The van der Waals surface area contributed by atoms with Gasteiger partial charge in [-0.15, -0.1) is 0 Å². The minimum Gasteiger partial charge on any atom is -0.282 e. The summed E-state index contributed by atoms with van der Waals surface area (Å²) >= 11 is 5.81. The summed E-state index contributed by atoms with van der Waals surface area (Å²) in [4.78, 5) is 9.08. The van der Waals surface area contributed by atoms with Gasteiger partial charge in [-0.05, 0) is 17.5 Å². The summed E-state index contributed by atoms with van der Waals surface area (Å²) < 4.78 is 30.8. The highest BCUT2D eigenvalue weighted by Gasteiger charge is 2.26. The maximum atomic E-state index is 11.0. The second-order valence-corrected chi connectivity index (χ2v) is 5.53. The van der Waals surface area contributed by atoms with E-state index in [2.05, 4.69) is 0 Å². The molecular weight excluding hydrogens is 270 g/mol. The largest absolute Gasteiger partial charge is 0.301 e. The van der Waals surface area contributed by atoms with Gasteiger partial charge >= 0.3 is 10.1 Å². The molecular formula is C9H10ClNO5S. The van der Waals surface area contributed by atoms with E-state index < -0.39 is 25.6 Å².